The zero-order chi connectivity index (χ0) is 23.0. The Morgan fingerprint density at radius 1 is 1.22 bits per heavy atom. The number of carbonyl (C=O) groups excluding carboxylic acids is 2. The van der Waals surface area contributed by atoms with Crippen LogP contribution in [-0.4, -0.2) is 51.4 Å². The second-order valence-electron chi connectivity index (χ2n) is 8.44. The highest BCUT2D eigenvalue weighted by Crippen LogP contribution is 2.33. The van der Waals surface area contributed by atoms with Gasteiger partial charge >= 0.3 is 11.9 Å². The molecule has 0 spiro atoms. The van der Waals surface area contributed by atoms with E-state index >= 15 is 0 Å². The summed E-state index contributed by atoms with van der Waals surface area (Å²) in [5, 5.41) is 16.2. The van der Waals surface area contributed by atoms with Gasteiger partial charge in [-0.3, -0.25) is 9.59 Å². The summed E-state index contributed by atoms with van der Waals surface area (Å²) in [5.41, 5.74) is 2.85. The highest BCUT2D eigenvalue weighted by Gasteiger charge is 2.36. The molecule has 1 saturated carbocycles. The first-order valence-electron chi connectivity index (χ1n) is 10.8. The summed E-state index contributed by atoms with van der Waals surface area (Å²) in [4.78, 5) is 36.6. The van der Waals surface area contributed by atoms with Gasteiger partial charge in [-0.25, -0.2) is 9.80 Å². The number of aliphatic carboxylic acids is 1. The molecule has 0 saturated heterocycles. The standard InChI is InChI=1S/C24H27N3O5/c1-14-20(22(28)27(25-14)18-10-8-16(9-11-18)23(29)30)12-17-13-26(15(2)24(31)32-3)21-7-5-4-6-19(17)21/h4-7,12-13,15-16,18H,8-11H2,1-3H3,(H,29,30)/b20-12-. The van der Waals surface area contributed by atoms with Crippen molar-refractivity contribution in [2.45, 2.75) is 51.6 Å². The van der Waals surface area contributed by atoms with Crippen molar-refractivity contribution in [1.29, 1.82) is 0 Å². The van der Waals surface area contributed by atoms with E-state index in [1.165, 1.54) is 12.1 Å². The Morgan fingerprint density at radius 3 is 2.56 bits per heavy atom. The average Bonchev–Trinajstić information content (AvgIpc) is 3.31. The Bertz CT molecular complexity index is 1140. The second-order valence-corrected chi connectivity index (χ2v) is 8.44. The smallest absolute Gasteiger partial charge is 0.328 e. The zero-order valence-electron chi connectivity index (χ0n) is 18.4. The Labute approximate surface area is 186 Å². The molecule has 1 unspecified atom stereocenters. The number of ether oxygens (including phenoxy) is 1. The fourth-order valence-corrected chi connectivity index (χ4v) is 4.63. The molecule has 2 heterocycles. The van der Waals surface area contributed by atoms with E-state index in [0.717, 1.165) is 16.5 Å². The molecule has 1 N–H and O–H groups in total. The van der Waals surface area contributed by atoms with E-state index in [1.54, 1.807) is 6.92 Å². The molecule has 8 nitrogen and oxygen atoms in total. The van der Waals surface area contributed by atoms with Gasteiger partial charge in [-0.2, -0.15) is 5.10 Å². The van der Waals surface area contributed by atoms with Crippen LogP contribution in [0.15, 0.2) is 41.1 Å². The molecule has 1 aliphatic carbocycles. The maximum absolute atomic E-state index is 13.2. The van der Waals surface area contributed by atoms with E-state index < -0.39 is 12.0 Å². The fraction of sp³-hybridized carbons (Fsp3) is 0.417. The molecule has 1 atom stereocenters. The van der Waals surface area contributed by atoms with Crippen molar-refractivity contribution in [3.63, 3.8) is 0 Å². The highest BCUT2D eigenvalue weighted by molar-refractivity contribution is 6.27. The predicted octanol–water partition coefficient (Wildman–Crippen LogP) is 3.62. The van der Waals surface area contributed by atoms with Crippen molar-refractivity contribution in [3.05, 3.63) is 41.6 Å². The number of aromatic nitrogens is 1. The van der Waals surface area contributed by atoms with Gasteiger partial charge < -0.3 is 14.4 Å². The summed E-state index contributed by atoms with van der Waals surface area (Å²) in [6, 6.07) is 7.12. The van der Waals surface area contributed by atoms with Crippen LogP contribution >= 0.6 is 0 Å². The lowest BCUT2D eigenvalue weighted by Crippen LogP contribution is -2.37. The third-order valence-corrected chi connectivity index (χ3v) is 6.51. The summed E-state index contributed by atoms with van der Waals surface area (Å²) >= 11 is 0. The summed E-state index contributed by atoms with van der Waals surface area (Å²) in [5.74, 6) is -1.62. The first-order valence-corrected chi connectivity index (χ1v) is 10.8. The van der Waals surface area contributed by atoms with Crippen LogP contribution in [0.2, 0.25) is 0 Å². The van der Waals surface area contributed by atoms with Gasteiger partial charge in [0.05, 0.1) is 30.4 Å². The van der Waals surface area contributed by atoms with Gasteiger partial charge in [0.15, 0.2) is 0 Å². The van der Waals surface area contributed by atoms with Crippen LogP contribution in [0.1, 0.15) is 51.1 Å². The number of carboxylic acid groups (broad SMARTS) is 1. The van der Waals surface area contributed by atoms with E-state index in [9.17, 15) is 19.5 Å². The number of benzene rings is 1. The van der Waals surface area contributed by atoms with E-state index in [0.29, 0.717) is 37.0 Å². The minimum Gasteiger partial charge on any atom is -0.481 e. The van der Waals surface area contributed by atoms with Crippen molar-refractivity contribution >= 4 is 40.5 Å². The molecular formula is C24H27N3O5. The van der Waals surface area contributed by atoms with E-state index in [1.807, 2.05) is 48.0 Å². The quantitative estimate of drug-likeness (QED) is 0.569. The van der Waals surface area contributed by atoms with Crippen LogP contribution < -0.4 is 0 Å². The lowest BCUT2D eigenvalue weighted by molar-refractivity contribution is -0.144. The van der Waals surface area contributed by atoms with Crippen molar-refractivity contribution in [2.24, 2.45) is 11.0 Å². The number of amides is 1. The van der Waals surface area contributed by atoms with Gasteiger partial charge in [-0.1, -0.05) is 18.2 Å². The Kier molecular flexibility index (Phi) is 5.86. The third-order valence-electron chi connectivity index (χ3n) is 6.51. The molecule has 1 aliphatic heterocycles. The predicted molar refractivity (Wildman–Crippen MR) is 120 cm³/mol. The lowest BCUT2D eigenvalue weighted by Gasteiger charge is -2.30. The molecule has 2 aromatic rings. The molecule has 1 aromatic carbocycles. The minimum atomic E-state index is -0.769. The van der Waals surface area contributed by atoms with Gasteiger partial charge in [0.1, 0.15) is 6.04 Å². The van der Waals surface area contributed by atoms with Crippen LogP contribution in [-0.2, 0) is 19.1 Å². The normalized spacial score (nSPS) is 23.5. The molecule has 8 heteroatoms. The number of hydrogen-bond acceptors (Lipinski definition) is 5. The molecule has 32 heavy (non-hydrogen) atoms. The zero-order valence-corrected chi connectivity index (χ0v) is 18.4. The molecular weight excluding hydrogens is 410 g/mol. The average molecular weight is 437 g/mol. The van der Waals surface area contributed by atoms with Crippen molar-refractivity contribution in [3.8, 4) is 0 Å². The lowest BCUT2D eigenvalue weighted by atomic mass is 9.86. The summed E-state index contributed by atoms with van der Waals surface area (Å²) < 4.78 is 6.76. The third kappa shape index (κ3) is 3.81. The number of methoxy groups -OCH3 is 1. The minimum absolute atomic E-state index is 0.0837. The number of nitrogens with zero attached hydrogens (tertiary/aromatic N) is 3. The van der Waals surface area contributed by atoms with Gasteiger partial charge in [0, 0.05) is 22.7 Å². The molecule has 1 aromatic heterocycles. The Morgan fingerprint density at radius 2 is 1.91 bits per heavy atom. The summed E-state index contributed by atoms with van der Waals surface area (Å²) in [6.07, 6.45) is 6.05. The Hall–Kier alpha value is -3.42. The molecule has 4 rings (SSSR count). The number of para-hydroxylation sites is 1. The fourth-order valence-electron chi connectivity index (χ4n) is 4.63. The number of esters is 1. The molecule has 1 amide bonds. The summed E-state index contributed by atoms with van der Waals surface area (Å²) in [6.45, 7) is 3.58. The van der Waals surface area contributed by atoms with Crippen LogP contribution in [0.5, 0.6) is 0 Å². The van der Waals surface area contributed by atoms with Crippen LogP contribution in [0, 0.1) is 5.92 Å². The van der Waals surface area contributed by atoms with Gasteiger partial charge in [-0.15, -0.1) is 0 Å². The first-order chi connectivity index (χ1) is 15.3. The largest absolute Gasteiger partial charge is 0.481 e. The van der Waals surface area contributed by atoms with E-state index in [4.69, 9.17) is 4.74 Å². The molecule has 1 fully saturated rings. The maximum Gasteiger partial charge on any atom is 0.328 e. The number of hydrazone groups is 1. The van der Waals surface area contributed by atoms with Gasteiger partial charge in [0.2, 0.25) is 0 Å². The SMILES string of the molecule is COC(=O)C(C)n1cc(/C=C2\C(=O)N(C3CCC(C(=O)O)CC3)N=C2C)c2ccccc21. The van der Waals surface area contributed by atoms with Crippen molar-refractivity contribution < 1.29 is 24.2 Å². The van der Waals surface area contributed by atoms with Crippen LogP contribution in [0.3, 0.4) is 0 Å². The van der Waals surface area contributed by atoms with E-state index in [-0.39, 0.29) is 23.8 Å². The topological polar surface area (TPSA) is 101 Å². The van der Waals surface area contributed by atoms with E-state index in [2.05, 4.69) is 5.10 Å². The maximum atomic E-state index is 13.2. The van der Waals surface area contributed by atoms with Crippen molar-refractivity contribution in [2.75, 3.05) is 7.11 Å². The van der Waals surface area contributed by atoms with Crippen molar-refractivity contribution in [1.82, 2.24) is 9.58 Å². The molecule has 0 bridgehead atoms. The molecule has 0 radical (unpaired) electrons. The number of fused-ring (bicyclic) bond motifs is 1. The number of hydrogen-bond donors (Lipinski definition) is 1. The first kappa shape index (κ1) is 21.8. The van der Waals surface area contributed by atoms with Gasteiger partial charge in [-0.05, 0) is 51.7 Å². The van der Waals surface area contributed by atoms with Crippen LogP contribution in [0.25, 0.3) is 17.0 Å². The number of carboxylic acids is 1. The van der Waals surface area contributed by atoms with Gasteiger partial charge in [0.25, 0.3) is 5.91 Å². The number of carbonyl (C=O) groups is 3. The number of rotatable bonds is 5. The highest BCUT2D eigenvalue weighted by atomic mass is 16.5. The monoisotopic (exact) mass is 437 g/mol. The Balaban J connectivity index is 1.64. The molecule has 168 valence electrons. The summed E-state index contributed by atoms with van der Waals surface area (Å²) in [7, 11) is 1.36. The molecule has 2 aliphatic rings. The van der Waals surface area contributed by atoms with Crippen LogP contribution in [0.4, 0.5) is 0 Å². The second kappa shape index (κ2) is 8.61.